The summed E-state index contributed by atoms with van der Waals surface area (Å²) < 4.78 is 5.76. The summed E-state index contributed by atoms with van der Waals surface area (Å²) in [5, 5.41) is 0.678. The minimum Gasteiger partial charge on any atom is -0.458 e. The summed E-state index contributed by atoms with van der Waals surface area (Å²) in [7, 11) is 0. The van der Waals surface area contributed by atoms with Crippen LogP contribution in [-0.2, 0) is 4.79 Å². The lowest BCUT2D eigenvalue weighted by Gasteiger charge is -2.31. The van der Waals surface area contributed by atoms with E-state index < -0.39 is 0 Å². The molecule has 5 nitrogen and oxygen atoms in total. The molecule has 1 aromatic heterocycles. The fourth-order valence-corrected chi connectivity index (χ4v) is 2.70. The first-order chi connectivity index (χ1) is 11.7. The van der Waals surface area contributed by atoms with Crippen molar-refractivity contribution in [3.8, 4) is 6.01 Å². The first kappa shape index (κ1) is 16.5. The number of benzene rings is 1. The quantitative estimate of drug-likeness (QED) is 0.800. The molecule has 1 aliphatic rings. The summed E-state index contributed by atoms with van der Waals surface area (Å²) in [6, 6.07) is 9.45. The molecule has 1 atom stereocenters. The van der Waals surface area contributed by atoms with Gasteiger partial charge in [-0.25, -0.2) is 9.97 Å². The van der Waals surface area contributed by atoms with Crippen LogP contribution in [0.15, 0.2) is 48.8 Å². The molecule has 1 fully saturated rings. The number of nitrogens with zero attached hydrogens (tertiary/aromatic N) is 3. The van der Waals surface area contributed by atoms with E-state index in [4.69, 9.17) is 16.3 Å². The molecular weight excluding hydrogens is 326 g/mol. The fraction of sp³-hybridized carbons (Fsp3) is 0.278. The van der Waals surface area contributed by atoms with Crippen molar-refractivity contribution >= 4 is 23.6 Å². The molecule has 24 heavy (non-hydrogen) atoms. The lowest BCUT2D eigenvalue weighted by atomic mass is 10.1. The van der Waals surface area contributed by atoms with Gasteiger partial charge in [0.25, 0.3) is 0 Å². The van der Waals surface area contributed by atoms with Gasteiger partial charge in [-0.15, -0.1) is 0 Å². The Morgan fingerprint density at radius 1 is 1.25 bits per heavy atom. The van der Waals surface area contributed by atoms with Gasteiger partial charge in [-0.2, -0.15) is 0 Å². The number of halogens is 1. The summed E-state index contributed by atoms with van der Waals surface area (Å²) in [4.78, 5) is 22.3. The third kappa shape index (κ3) is 4.55. The molecule has 0 N–H and O–H groups in total. The lowest BCUT2D eigenvalue weighted by Crippen LogP contribution is -2.43. The first-order valence-corrected chi connectivity index (χ1v) is 8.25. The Hall–Kier alpha value is -2.40. The van der Waals surface area contributed by atoms with E-state index >= 15 is 0 Å². The number of amides is 1. The van der Waals surface area contributed by atoms with E-state index in [1.807, 2.05) is 12.1 Å². The number of hydrogen-bond donors (Lipinski definition) is 0. The van der Waals surface area contributed by atoms with Gasteiger partial charge in [0, 0.05) is 30.0 Å². The molecule has 1 unspecified atom stereocenters. The van der Waals surface area contributed by atoms with Crippen molar-refractivity contribution in [2.45, 2.75) is 18.9 Å². The average molecular weight is 344 g/mol. The molecule has 6 heteroatoms. The molecule has 2 aromatic rings. The van der Waals surface area contributed by atoms with Crippen LogP contribution in [0.2, 0.25) is 5.02 Å². The number of aromatic nitrogens is 2. The summed E-state index contributed by atoms with van der Waals surface area (Å²) in [6.07, 6.45) is 8.38. The fourth-order valence-electron chi connectivity index (χ4n) is 2.58. The largest absolute Gasteiger partial charge is 0.458 e. The van der Waals surface area contributed by atoms with Crippen LogP contribution in [-0.4, -0.2) is 40.0 Å². The van der Waals surface area contributed by atoms with Gasteiger partial charge in [-0.05, 0) is 42.7 Å². The molecule has 0 aliphatic carbocycles. The van der Waals surface area contributed by atoms with Crippen LogP contribution in [0.25, 0.3) is 6.08 Å². The van der Waals surface area contributed by atoms with Crippen LogP contribution in [0.3, 0.4) is 0 Å². The summed E-state index contributed by atoms with van der Waals surface area (Å²) in [5.74, 6) is -0.0211. The molecule has 0 radical (unpaired) electrons. The Labute approximate surface area is 145 Å². The van der Waals surface area contributed by atoms with Crippen molar-refractivity contribution in [1.29, 1.82) is 0 Å². The molecule has 1 saturated heterocycles. The molecule has 0 saturated carbocycles. The zero-order valence-electron chi connectivity index (χ0n) is 13.1. The maximum atomic E-state index is 12.4. The molecule has 2 heterocycles. The highest BCUT2D eigenvalue weighted by atomic mass is 35.5. The van der Waals surface area contributed by atoms with Crippen molar-refractivity contribution in [1.82, 2.24) is 14.9 Å². The van der Waals surface area contributed by atoms with Crippen LogP contribution in [0.4, 0.5) is 0 Å². The first-order valence-electron chi connectivity index (χ1n) is 7.87. The molecule has 3 rings (SSSR count). The van der Waals surface area contributed by atoms with Gasteiger partial charge in [0.1, 0.15) is 6.10 Å². The topological polar surface area (TPSA) is 55.3 Å². The number of carbonyl (C=O) groups excluding carboxylic acids is 1. The Balaban J connectivity index is 1.57. The highest BCUT2D eigenvalue weighted by Gasteiger charge is 2.24. The predicted octanol–water partition coefficient (Wildman–Crippen LogP) is 3.21. The number of rotatable bonds is 4. The van der Waals surface area contributed by atoms with Gasteiger partial charge >= 0.3 is 6.01 Å². The minimum atomic E-state index is -0.0750. The maximum absolute atomic E-state index is 12.4. The average Bonchev–Trinajstić information content (AvgIpc) is 2.62. The standard InChI is InChI=1S/C18H18ClN3O2/c19-15-7-4-14(5-8-15)6-9-17(23)22-12-1-3-16(13-22)24-18-20-10-2-11-21-18/h2,4-11,16H,1,3,12-13H2/b9-6+. The van der Waals surface area contributed by atoms with Crippen molar-refractivity contribution in [3.05, 3.63) is 59.4 Å². The van der Waals surface area contributed by atoms with Crippen molar-refractivity contribution in [3.63, 3.8) is 0 Å². The van der Waals surface area contributed by atoms with E-state index in [2.05, 4.69) is 9.97 Å². The van der Waals surface area contributed by atoms with Gasteiger partial charge in [0.15, 0.2) is 0 Å². The van der Waals surface area contributed by atoms with Gasteiger partial charge in [0.2, 0.25) is 5.91 Å². The normalized spacial score (nSPS) is 17.9. The summed E-state index contributed by atoms with van der Waals surface area (Å²) in [6.45, 7) is 1.28. The van der Waals surface area contributed by atoms with Crippen LogP contribution >= 0.6 is 11.6 Å². The minimum absolute atomic E-state index is 0.0211. The molecule has 0 spiro atoms. The summed E-state index contributed by atoms with van der Waals surface area (Å²) >= 11 is 5.86. The van der Waals surface area contributed by atoms with E-state index in [-0.39, 0.29) is 12.0 Å². The molecular formula is C18H18ClN3O2. The van der Waals surface area contributed by atoms with Crippen molar-refractivity contribution < 1.29 is 9.53 Å². The molecule has 1 amide bonds. The smallest absolute Gasteiger partial charge is 0.316 e. The van der Waals surface area contributed by atoms with Crippen LogP contribution < -0.4 is 4.74 Å². The second-order valence-corrected chi connectivity index (χ2v) is 6.02. The number of hydrogen-bond acceptors (Lipinski definition) is 4. The van der Waals surface area contributed by atoms with E-state index in [1.165, 1.54) is 0 Å². The van der Waals surface area contributed by atoms with Gasteiger partial charge in [-0.1, -0.05) is 23.7 Å². The lowest BCUT2D eigenvalue weighted by molar-refractivity contribution is -0.128. The van der Waals surface area contributed by atoms with Gasteiger partial charge < -0.3 is 9.64 Å². The maximum Gasteiger partial charge on any atom is 0.316 e. The highest BCUT2D eigenvalue weighted by Crippen LogP contribution is 2.16. The Bertz CT molecular complexity index is 704. The molecule has 0 bridgehead atoms. The Morgan fingerprint density at radius 2 is 2.00 bits per heavy atom. The van der Waals surface area contributed by atoms with Crippen LogP contribution in [0, 0.1) is 0 Å². The second kappa shape index (κ2) is 7.93. The number of piperidine rings is 1. The third-order valence-corrected chi connectivity index (χ3v) is 4.04. The SMILES string of the molecule is O=C(/C=C/c1ccc(Cl)cc1)N1CCCC(Oc2ncccn2)C1. The molecule has 1 aliphatic heterocycles. The van der Waals surface area contributed by atoms with E-state index in [9.17, 15) is 4.79 Å². The van der Waals surface area contributed by atoms with Crippen LogP contribution in [0.5, 0.6) is 6.01 Å². The van der Waals surface area contributed by atoms with Gasteiger partial charge in [-0.3, -0.25) is 4.79 Å². The highest BCUT2D eigenvalue weighted by molar-refractivity contribution is 6.30. The van der Waals surface area contributed by atoms with Crippen molar-refractivity contribution in [2.75, 3.05) is 13.1 Å². The Morgan fingerprint density at radius 3 is 2.75 bits per heavy atom. The monoisotopic (exact) mass is 343 g/mol. The zero-order valence-corrected chi connectivity index (χ0v) is 13.9. The molecule has 1 aromatic carbocycles. The third-order valence-electron chi connectivity index (χ3n) is 3.79. The zero-order chi connectivity index (χ0) is 16.8. The summed E-state index contributed by atoms with van der Waals surface area (Å²) in [5.41, 5.74) is 0.940. The Kier molecular flexibility index (Phi) is 5.43. The number of likely N-dealkylation sites (tertiary alicyclic amines) is 1. The number of carbonyl (C=O) groups is 1. The van der Waals surface area contributed by atoms with Crippen LogP contribution in [0.1, 0.15) is 18.4 Å². The van der Waals surface area contributed by atoms with Crippen molar-refractivity contribution in [2.24, 2.45) is 0 Å². The molecule has 124 valence electrons. The second-order valence-electron chi connectivity index (χ2n) is 5.58. The predicted molar refractivity (Wildman–Crippen MR) is 92.7 cm³/mol. The van der Waals surface area contributed by atoms with E-state index in [0.29, 0.717) is 17.6 Å². The number of ether oxygens (including phenoxy) is 1. The van der Waals surface area contributed by atoms with E-state index in [1.54, 1.807) is 47.6 Å². The van der Waals surface area contributed by atoms with Gasteiger partial charge in [0.05, 0.1) is 6.54 Å². The van der Waals surface area contributed by atoms with E-state index in [0.717, 1.165) is 24.9 Å².